The monoisotopic (exact) mass is 278 g/mol. The van der Waals surface area contributed by atoms with Crippen LogP contribution in [-0.4, -0.2) is 44.8 Å². The molecule has 1 aliphatic rings. The van der Waals surface area contributed by atoms with Crippen LogP contribution in [0.5, 0.6) is 5.75 Å². The largest absolute Gasteiger partial charge is 0.497 e. The van der Waals surface area contributed by atoms with E-state index in [1.165, 1.54) is 12.7 Å². The number of likely N-dealkylation sites (tertiary alicyclic amines) is 1. The molecule has 2 rings (SSSR count). The third-order valence-corrected chi connectivity index (χ3v) is 4.01. The van der Waals surface area contributed by atoms with Gasteiger partial charge in [0, 0.05) is 13.1 Å². The molecule has 1 heterocycles. The zero-order valence-corrected chi connectivity index (χ0v) is 12.0. The first-order valence-electron chi connectivity index (χ1n) is 6.86. The summed E-state index contributed by atoms with van der Waals surface area (Å²) >= 11 is 0. The molecule has 0 saturated carbocycles. The fourth-order valence-electron chi connectivity index (χ4n) is 2.86. The van der Waals surface area contributed by atoms with Crippen LogP contribution in [0.4, 0.5) is 4.79 Å². The molecule has 2 unspecified atom stereocenters. The highest BCUT2D eigenvalue weighted by atomic mass is 16.5. The number of hydrogen-bond acceptors (Lipinski definition) is 4. The second-order valence-electron chi connectivity index (χ2n) is 5.08. The van der Waals surface area contributed by atoms with E-state index in [0.717, 1.165) is 12.2 Å². The number of piperidine rings is 1. The lowest BCUT2D eigenvalue weighted by Gasteiger charge is -2.37. The Bertz CT molecular complexity index is 447. The summed E-state index contributed by atoms with van der Waals surface area (Å²) in [5.41, 5.74) is 7.14. The summed E-state index contributed by atoms with van der Waals surface area (Å²) in [5, 5.41) is 0. The van der Waals surface area contributed by atoms with Crippen molar-refractivity contribution in [3.8, 4) is 5.75 Å². The maximum absolute atomic E-state index is 11.6. The predicted molar refractivity (Wildman–Crippen MR) is 76.9 cm³/mol. The maximum Gasteiger partial charge on any atom is 0.409 e. The summed E-state index contributed by atoms with van der Waals surface area (Å²) < 4.78 is 9.96. The molecular formula is C15H22N2O3. The molecule has 5 nitrogen and oxygen atoms in total. The van der Waals surface area contributed by atoms with Gasteiger partial charge in [-0.1, -0.05) is 12.1 Å². The third kappa shape index (κ3) is 3.04. The van der Waals surface area contributed by atoms with Gasteiger partial charge in [-0.05, 0) is 42.5 Å². The van der Waals surface area contributed by atoms with Gasteiger partial charge in [0.1, 0.15) is 5.75 Å². The molecule has 1 aromatic carbocycles. The molecule has 1 aliphatic heterocycles. The normalized spacial score (nSPS) is 22.4. The zero-order chi connectivity index (χ0) is 14.5. The van der Waals surface area contributed by atoms with E-state index in [-0.39, 0.29) is 12.0 Å². The molecule has 1 amide bonds. The van der Waals surface area contributed by atoms with Crippen LogP contribution in [0.3, 0.4) is 0 Å². The molecule has 2 N–H and O–H groups in total. The van der Waals surface area contributed by atoms with Crippen LogP contribution in [0.1, 0.15) is 17.9 Å². The van der Waals surface area contributed by atoms with E-state index in [4.69, 9.17) is 15.2 Å². The summed E-state index contributed by atoms with van der Waals surface area (Å²) in [6.45, 7) is 1.92. The first kappa shape index (κ1) is 14.7. The van der Waals surface area contributed by atoms with E-state index in [1.807, 2.05) is 12.1 Å². The average molecular weight is 278 g/mol. The molecule has 0 aliphatic carbocycles. The van der Waals surface area contributed by atoms with Crippen molar-refractivity contribution in [2.45, 2.75) is 12.3 Å². The Morgan fingerprint density at radius 3 is 2.60 bits per heavy atom. The number of carbonyl (C=O) groups excluding carboxylic acids is 1. The molecule has 110 valence electrons. The van der Waals surface area contributed by atoms with E-state index >= 15 is 0 Å². The minimum atomic E-state index is -0.267. The molecule has 1 saturated heterocycles. The lowest BCUT2D eigenvalue weighted by atomic mass is 9.80. The summed E-state index contributed by atoms with van der Waals surface area (Å²) in [6, 6.07) is 8.10. The van der Waals surface area contributed by atoms with Crippen molar-refractivity contribution in [3.05, 3.63) is 29.8 Å². The van der Waals surface area contributed by atoms with Crippen LogP contribution in [0.2, 0.25) is 0 Å². The van der Waals surface area contributed by atoms with Gasteiger partial charge in [-0.2, -0.15) is 0 Å². The lowest BCUT2D eigenvalue weighted by molar-refractivity contribution is 0.0970. The molecule has 0 aromatic heterocycles. The second kappa shape index (κ2) is 6.61. The van der Waals surface area contributed by atoms with E-state index in [0.29, 0.717) is 25.6 Å². The first-order valence-corrected chi connectivity index (χ1v) is 6.86. The Morgan fingerprint density at radius 1 is 1.35 bits per heavy atom. The van der Waals surface area contributed by atoms with Crippen LogP contribution in [0.25, 0.3) is 0 Å². The van der Waals surface area contributed by atoms with Gasteiger partial charge in [0.05, 0.1) is 14.2 Å². The quantitative estimate of drug-likeness (QED) is 0.916. The summed E-state index contributed by atoms with van der Waals surface area (Å²) in [5.74, 6) is 1.49. The first-order chi connectivity index (χ1) is 9.69. The van der Waals surface area contributed by atoms with Crippen LogP contribution in [-0.2, 0) is 4.74 Å². The Morgan fingerprint density at radius 2 is 2.05 bits per heavy atom. The van der Waals surface area contributed by atoms with Crippen molar-refractivity contribution in [3.63, 3.8) is 0 Å². The highest BCUT2D eigenvalue weighted by Crippen LogP contribution is 2.33. The Hall–Kier alpha value is -1.75. The van der Waals surface area contributed by atoms with Crippen molar-refractivity contribution in [1.29, 1.82) is 0 Å². The molecular weight excluding hydrogens is 256 g/mol. The Balaban J connectivity index is 2.10. The maximum atomic E-state index is 11.6. The van der Waals surface area contributed by atoms with E-state index < -0.39 is 0 Å². The van der Waals surface area contributed by atoms with Gasteiger partial charge in [0.15, 0.2) is 0 Å². The molecule has 0 spiro atoms. The number of methoxy groups -OCH3 is 2. The topological polar surface area (TPSA) is 64.8 Å². The molecule has 20 heavy (non-hydrogen) atoms. The smallest absolute Gasteiger partial charge is 0.409 e. The minimum Gasteiger partial charge on any atom is -0.497 e. The van der Waals surface area contributed by atoms with Crippen molar-refractivity contribution < 1.29 is 14.3 Å². The van der Waals surface area contributed by atoms with E-state index in [2.05, 4.69) is 12.1 Å². The number of rotatable bonds is 3. The van der Waals surface area contributed by atoms with Gasteiger partial charge in [-0.15, -0.1) is 0 Å². The van der Waals surface area contributed by atoms with Gasteiger partial charge >= 0.3 is 6.09 Å². The molecule has 1 fully saturated rings. The van der Waals surface area contributed by atoms with Crippen molar-refractivity contribution in [2.75, 3.05) is 33.9 Å². The fraction of sp³-hybridized carbons (Fsp3) is 0.533. The highest BCUT2D eigenvalue weighted by Gasteiger charge is 2.31. The molecule has 0 bridgehead atoms. The molecule has 0 radical (unpaired) electrons. The summed E-state index contributed by atoms with van der Waals surface area (Å²) in [6.07, 6.45) is 0.639. The number of amides is 1. The van der Waals surface area contributed by atoms with Crippen molar-refractivity contribution >= 4 is 6.09 Å². The molecule has 5 heteroatoms. The summed E-state index contributed by atoms with van der Waals surface area (Å²) in [4.78, 5) is 13.3. The fourth-order valence-corrected chi connectivity index (χ4v) is 2.86. The van der Waals surface area contributed by atoms with Gasteiger partial charge in [-0.3, -0.25) is 0 Å². The predicted octanol–water partition coefficient (Wildman–Crippen LogP) is 1.83. The van der Waals surface area contributed by atoms with Crippen LogP contribution >= 0.6 is 0 Å². The highest BCUT2D eigenvalue weighted by molar-refractivity contribution is 5.67. The average Bonchev–Trinajstić information content (AvgIpc) is 2.53. The SMILES string of the molecule is COC(=O)N1CCC(c2ccc(OC)cc2)C(CN)C1. The molecule has 1 aromatic rings. The van der Waals surface area contributed by atoms with Gasteiger partial charge < -0.3 is 20.1 Å². The Kier molecular flexibility index (Phi) is 4.84. The number of benzene rings is 1. The van der Waals surface area contributed by atoms with Crippen LogP contribution in [0, 0.1) is 5.92 Å². The van der Waals surface area contributed by atoms with Crippen molar-refractivity contribution in [1.82, 2.24) is 4.90 Å². The standard InChI is InChI=1S/C15H22N2O3/c1-19-13-5-3-11(4-6-13)14-7-8-17(15(18)20-2)10-12(14)9-16/h3-6,12,14H,7-10,16H2,1-2H3. The number of ether oxygens (including phenoxy) is 2. The minimum absolute atomic E-state index is 0.260. The second-order valence-corrected chi connectivity index (χ2v) is 5.08. The van der Waals surface area contributed by atoms with E-state index in [9.17, 15) is 4.79 Å². The van der Waals surface area contributed by atoms with Crippen LogP contribution < -0.4 is 10.5 Å². The number of carbonyl (C=O) groups is 1. The number of hydrogen-bond donors (Lipinski definition) is 1. The van der Waals surface area contributed by atoms with Crippen molar-refractivity contribution in [2.24, 2.45) is 11.7 Å². The zero-order valence-electron chi connectivity index (χ0n) is 12.0. The van der Waals surface area contributed by atoms with Gasteiger partial charge in [-0.25, -0.2) is 4.79 Å². The number of nitrogens with zero attached hydrogens (tertiary/aromatic N) is 1. The third-order valence-electron chi connectivity index (χ3n) is 4.01. The molecule has 2 atom stereocenters. The van der Waals surface area contributed by atoms with Crippen LogP contribution in [0.15, 0.2) is 24.3 Å². The lowest BCUT2D eigenvalue weighted by Crippen LogP contribution is -2.45. The van der Waals surface area contributed by atoms with Gasteiger partial charge in [0.2, 0.25) is 0 Å². The number of nitrogens with two attached hydrogens (primary N) is 1. The van der Waals surface area contributed by atoms with Gasteiger partial charge in [0.25, 0.3) is 0 Å². The summed E-state index contributed by atoms with van der Waals surface area (Å²) in [7, 11) is 3.07. The Labute approximate surface area is 119 Å². The van der Waals surface area contributed by atoms with E-state index in [1.54, 1.807) is 12.0 Å².